The number of Topliss-reactive ketones (excluding diaryl/α,β-unsaturated/α-hetero) is 1. The molecule has 10 heteroatoms. The molecule has 4 aliphatic heterocycles. The number of benzene rings is 3. The van der Waals surface area contributed by atoms with Gasteiger partial charge in [0.05, 0.1) is 28.5 Å². The standard InChI is InChI=1S/C28H19N3O7/c32-26(16-5-3-6-18(12-16)31(35)36)25-23-22(24-19-7-2-1-4-15(19)10-11-29(24)25)27(33)30(28(23)34)17-8-9-20-21(13-17)38-14-37-20/h1-13,22-25H,14H2/t22-,23-,24-,25+/m0/s1. The summed E-state index contributed by atoms with van der Waals surface area (Å²) >= 11 is 0. The Bertz CT molecular complexity index is 1600. The Kier molecular flexibility index (Phi) is 4.68. The van der Waals surface area contributed by atoms with Crippen LogP contribution in [-0.4, -0.2) is 40.3 Å². The number of nitrogens with zero attached hydrogens (tertiary/aromatic N) is 3. The average Bonchev–Trinajstić information content (AvgIpc) is 3.61. The molecule has 4 aliphatic rings. The van der Waals surface area contributed by atoms with Crippen LogP contribution in [-0.2, 0) is 9.59 Å². The molecule has 4 heterocycles. The number of nitro groups is 1. The summed E-state index contributed by atoms with van der Waals surface area (Å²) in [6, 6.07) is 16.3. The fraction of sp³-hybridized carbons (Fsp3) is 0.179. The summed E-state index contributed by atoms with van der Waals surface area (Å²) in [5.41, 5.74) is 1.96. The molecule has 3 aromatic rings. The van der Waals surface area contributed by atoms with Gasteiger partial charge < -0.3 is 14.4 Å². The zero-order valence-electron chi connectivity index (χ0n) is 19.7. The summed E-state index contributed by atoms with van der Waals surface area (Å²) in [6.07, 6.45) is 3.60. The van der Waals surface area contributed by atoms with Crippen molar-refractivity contribution >= 4 is 35.0 Å². The molecule has 38 heavy (non-hydrogen) atoms. The van der Waals surface area contributed by atoms with Crippen LogP contribution in [0, 0.1) is 22.0 Å². The largest absolute Gasteiger partial charge is 0.454 e. The van der Waals surface area contributed by atoms with E-state index in [0.29, 0.717) is 17.2 Å². The Morgan fingerprint density at radius 1 is 0.921 bits per heavy atom. The monoisotopic (exact) mass is 509 g/mol. The second kappa shape index (κ2) is 8.01. The molecule has 4 atom stereocenters. The number of carbonyl (C=O) groups is 3. The first kappa shape index (κ1) is 22.2. The normalized spacial score (nSPS) is 24.3. The maximum atomic E-state index is 14.0. The van der Waals surface area contributed by atoms with Crippen LogP contribution in [0.15, 0.2) is 72.9 Å². The molecule has 2 saturated heterocycles. The Morgan fingerprint density at radius 2 is 1.71 bits per heavy atom. The van der Waals surface area contributed by atoms with Gasteiger partial charge in [-0.1, -0.05) is 36.4 Å². The van der Waals surface area contributed by atoms with E-state index in [2.05, 4.69) is 0 Å². The van der Waals surface area contributed by atoms with Crippen LogP contribution in [0.4, 0.5) is 11.4 Å². The molecule has 10 nitrogen and oxygen atoms in total. The average molecular weight is 509 g/mol. The number of anilines is 1. The SMILES string of the molecule is O=C(c1cccc([N+](=O)[O-])c1)[C@H]1[C@H]2C(=O)N(c3ccc4c(c3)OCO4)C(=O)[C@@H]2[C@@H]2c3ccccc3C=CN12. The first-order chi connectivity index (χ1) is 18.4. The number of imide groups is 1. The molecular weight excluding hydrogens is 490 g/mol. The number of rotatable bonds is 4. The molecule has 0 aliphatic carbocycles. The van der Waals surface area contributed by atoms with Gasteiger partial charge in [0.25, 0.3) is 5.69 Å². The highest BCUT2D eigenvalue weighted by Gasteiger charge is 2.64. The fourth-order valence-electron chi connectivity index (χ4n) is 6.08. The van der Waals surface area contributed by atoms with Crippen molar-refractivity contribution in [1.29, 1.82) is 0 Å². The summed E-state index contributed by atoms with van der Waals surface area (Å²) in [6.45, 7) is 0.0475. The molecule has 2 amide bonds. The number of nitro benzene ring substituents is 1. The smallest absolute Gasteiger partial charge is 0.270 e. The summed E-state index contributed by atoms with van der Waals surface area (Å²) in [5.74, 6) is -2.23. The Morgan fingerprint density at radius 3 is 2.55 bits per heavy atom. The van der Waals surface area contributed by atoms with Gasteiger partial charge in [-0.3, -0.25) is 24.5 Å². The van der Waals surface area contributed by atoms with Crippen LogP contribution in [0.3, 0.4) is 0 Å². The van der Waals surface area contributed by atoms with Crippen molar-refractivity contribution in [1.82, 2.24) is 4.90 Å². The van der Waals surface area contributed by atoms with E-state index >= 15 is 0 Å². The van der Waals surface area contributed by atoms with Crippen LogP contribution >= 0.6 is 0 Å². The lowest BCUT2D eigenvalue weighted by Gasteiger charge is -2.35. The minimum absolute atomic E-state index is 0.0475. The van der Waals surface area contributed by atoms with Gasteiger partial charge in [0.2, 0.25) is 18.6 Å². The third-order valence-corrected chi connectivity index (χ3v) is 7.69. The van der Waals surface area contributed by atoms with Gasteiger partial charge in [-0.25, -0.2) is 4.90 Å². The zero-order valence-corrected chi connectivity index (χ0v) is 19.7. The highest BCUT2D eigenvalue weighted by Crippen LogP contribution is 2.54. The number of hydrogen-bond donors (Lipinski definition) is 0. The van der Waals surface area contributed by atoms with E-state index in [1.54, 1.807) is 29.3 Å². The number of fused-ring (bicyclic) bond motifs is 6. The molecule has 188 valence electrons. The molecule has 0 spiro atoms. The molecule has 0 bridgehead atoms. The van der Waals surface area contributed by atoms with Gasteiger partial charge in [0.1, 0.15) is 6.04 Å². The first-order valence-corrected chi connectivity index (χ1v) is 12.0. The molecule has 0 aromatic heterocycles. The molecule has 0 radical (unpaired) electrons. The van der Waals surface area contributed by atoms with Gasteiger partial charge in [-0.15, -0.1) is 0 Å². The number of ketones is 1. The van der Waals surface area contributed by atoms with Crippen LogP contribution in [0.2, 0.25) is 0 Å². The molecule has 0 unspecified atom stereocenters. The van der Waals surface area contributed by atoms with Crippen molar-refractivity contribution in [2.45, 2.75) is 12.1 Å². The minimum Gasteiger partial charge on any atom is -0.454 e. The first-order valence-electron chi connectivity index (χ1n) is 12.0. The van der Waals surface area contributed by atoms with E-state index in [-0.39, 0.29) is 18.0 Å². The molecule has 0 saturated carbocycles. The maximum Gasteiger partial charge on any atom is 0.270 e. The molecule has 0 N–H and O–H groups in total. The third kappa shape index (κ3) is 3.03. The molecular formula is C28H19N3O7. The van der Waals surface area contributed by atoms with E-state index < -0.39 is 46.4 Å². The highest BCUT2D eigenvalue weighted by atomic mass is 16.7. The molecule has 2 fully saturated rings. The van der Waals surface area contributed by atoms with Crippen molar-refractivity contribution < 1.29 is 28.8 Å². The van der Waals surface area contributed by atoms with Crippen molar-refractivity contribution in [3.63, 3.8) is 0 Å². The van der Waals surface area contributed by atoms with Crippen LogP contribution in [0.1, 0.15) is 27.5 Å². The zero-order chi connectivity index (χ0) is 26.1. The molecule has 7 rings (SSSR count). The summed E-state index contributed by atoms with van der Waals surface area (Å²) in [4.78, 5) is 55.6. The number of carbonyl (C=O) groups excluding carboxylic acids is 3. The quantitative estimate of drug-likeness (QED) is 0.226. The van der Waals surface area contributed by atoms with Crippen molar-refractivity contribution in [3.8, 4) is 11.5 Å². The lowest BCUT2D eigenvalue weighted by atomic mass is 9.83. The second-order valence-electron chi connectivity index (χ2n) is 9.55. The van der Waals surface area contributed by atoms with Crippen LogP contribution in [0.25, 0.3) is 6.08 Å². The number of hydrogen-bond acceptors (Lipinski definition) is 8. The van der Waals surface area contributed by atoms with Gasteiger partial charge in [0, 0.05) is 30.0 Å². The van der Waals surface area contributed by atoms with E-state index in [4.69, 9.17) is 9.47 Å². The number of amides is 2. The van der Waals surface area contributed by atoms with Gasteiger partial charge in [-0.05, 0) is 29.3 Å². The molecule has 3 aromatic carbocycles. The van der Waals surface area contributed by atoms with Crippen LogP contribution < -0.4 is 14.4 Å². The van der Waals surface area contributed by atoms with Crippen LogP contribution in [0.5, 0.6) is 11.5 Å². The minimum atomic E-state index is -1.02. The highest BCUT2D eigenvalue weighted by molar-refractivity contribution is 6.24. The van der Waals surface area contributed by atoms with Crippen molar-refractivity contribution in [3.05, 3.63) is 99.7 Å². The topological polar surface area (TPSA) is 119 Å². The van der Waals surface area contributed by atoms with Crippen molar-refractivity contribution in [2.75, 3.05) is 11.7 Å². The maximum absolute atomic E-state index is 14.0. The number of non-ortho nitro benzene ring substituents is 1. The predicted molar refractivity (Wildman–Crippen MR) is 133 cm³/mol. The Balaban J connectivity index is 1.35. The second-order valence-corrected chi connectivity index (χ2v) is 9.55. The summed E-state index contributed by atoms with van der Waals surface area (Å²) < 4.78 is 10.8. The van der Waals surface area contributed by atoms with E-state index in [1.807, 2.05) is 30.3 Å². The Hall–Kier alpha value is -4.99. The lowest BCUT2D eigenvalue weighted by molar-refractivity contribution is -0.384. The van der Waals surface area contributed by atoms with Gasteiger partial charge in [-0.2, -0.15) is 0 Å². The van der Waals surface area contributed by atoms with E-state index in [9.17, 15) is 24.5 Å². The summed E-state index contributed by atoms with van der Waals surface area (Å²) in [5, 5.41) is 11.4. The van der Waals surface area contributed by atoms with E-state index in [1.165, 1.54) is 24.3 Å². The van der Waals surface area contributed by atoms with Gasteiger partial charge >= 0.3 is 0 Å². The lowest BCUT2D eigenvalue weighted by Crippen LogP contribution is -2.44. The summed E-state index contributed by atoms with van der Waals surface area (Å²) in [7, 11) is 0. The van der Waals surface area contributed by atoms with E-state index in [0.717, 1.165) is 16.0 Å². The predicted octanol–water partition coefficient (Wildman–Crippen LogP) is 3.72. The van der Waals surface area contributed by atoms with Gasteiger partial charge in [0.15, 0.2) is 17.3 Å². The number of ether oxygens (including phenoxy) is 2. The Labute approximate surface area is 215 Å². The third-order valence-electron chi connectivity index (χ3n) is 7.69. The fourth-order valence-corrected chi connectivity index (χ4v) is 6.08. The van der Waals surface area contributed by atoms with Crippen molar-refractivity contribution in [2.24, 2.45) is 11.8 Å².